The lowest BCUT2D eigenvalue weighted by Crippen LogP contribution is -2.32. The van der Waals surface area contributed by atoms with Gasteiger partial charge in [-0.3, -0.25) is 4.79 Å². The fourth-order valence-corrected chi connectivity index (χ4v) is 4.22. The molecule has 0 spiro atoms. The normalized spacial score (nSPS) is 21.4. The smallest absolute Gasteiger partial charge is 0.170 e. The zero-order valence-electron chi connectivity index (χ0n) is 17.4. The van der Waals surface area contributed by atoms with Crippen LogP contribution in [-0.2, 0) is 4.74 Å². The van der Waals surface area contributed by atoms with Gasteiger partial charge in [-0.2, -0.15) is 0 Å². The number of nitrogen functional groups attached to an aromatic ring is 1. The van der Waals surface area contributed by atoms with E-state index in [2.05, 4.69) is 0 Å². The van der Waals surface area contributed by atoms with Crippen LogP contribution in [0.25, 0.3) is 0 Å². The highest BCUT2D eigenvalue weighted by molar-refractivity contribution is 6.01. The van der Waals surface area contributed by atoms with E-state index in [0.29, 0.717) is 28.5 Å². The summed E-state index contributed by atoms with van der Waals surface area (Å²) in [5.41, 5.74) is 8.27. The van der Waals surface area contributed by atoms with Crippen LogP contribution in [0.5, 0.6) is 17.2 Å². The van der Waals surface area contributed by atoms with E-state index < -0.39 is 0 Å². The summed E-state index contributed by atoms with van der Waals surface area (Å²) >= 11 is 0. The van der Waals surface area contributed by atoms with Crippen LogP contribution in [0.3, 0.4) is 0 Å². The molecule has 0 amide bonds. The summed E-state index contributed by atoms with van der Waals surface area (Å²) in [5, 5.41) is 0. The molecule has 0 heterocycles. The summed E-state index contributed by atoms with van der Waals surface area (Å²) < 4.78 is 21.7. The van der Waals surface area contributed by atoms with Gasteiger partial charge in [0.05, 0.1) is 38.7 Å². The summed E-state index contributed by atoms with van der Waals surface area (Å²) in [6, 6.07) is 11.1. The van der Waals surface area contributed by atoms with Gasteiger partial charge in [0.1, 0.15) is 17.2 Å². The van der Waals surface area contributed by atoms with Crippen molar-refractivity contribution in [3.05, 3.63) is 47.5 Å². The molecule has 0 saturated heterocycles. The molecule has 3 rings (SSSR count). The van der Waals surface area contributed by atoms with Crippen LogP contribution in [0, 0.1) is 5.92 Å². The molecule has 3 unspecified atom stereocenters. The number of anilines is 1. The predicted octanol–water partition coefficient (Wildman–Crippen LogP) is 4.08. The lowest BCUT2D eigenvalue weighted by Gasteiger charge is -2.35. The van der Waals surface area contributed by atoms with Crippen LogP contribution in [0.4, 0.5) is 5.69 Å². The van der Waals surface area contributed by atoms with E-state index in [1.807, 2.05) is 18.2 Å². The van der Waals surface area contributed by atoms with E-state index in [0.717, 1.165) is 24.8 Å². The van der Waals surface area contributed by atoms with Crippen LogP contribution < -0.4 is 19.9 Å². The molecule has 6 nitrogen and oxygen atoms in total. The number of ketones is 1. The first kappa shape index (κ1) is 21.0. The second-order valence-electron chi connectivity index (χ2n) is 7.32. The van der Waals surface area contributed by atoms with Crippen molar-refractivity contribution < 1.29 is 23.7 Å². The van der Waals surface area contributed by atoms with Gasteiger partial charge in [0.25, 0.3) is 0 Å². The van der Waals surface area contributed by atoms with E-state index in [9.17, 15) is 4.79 Å². The Morgan fingerprint density at radius 1 is 0.931 bits per heavy atom. The van der Waals surface area contributed by atoms with Crippen LogP contribution >= 0.6 is 0 Å². The van der Waals surface area contributed by atoms with Gasteiger partial charge in [-0.25, -0.2) is 0 Å². The number of Topliss-reactive ketones (excluding diaryl/α,β-unsaturated/α-hetero) is 1. The van der Waals surface area contributed by atoms with E-state index in [4.69, 9.17) is 24.7 Å². The fourth-order valence-electron chi connectivity index (χ4n) is 4.22. The molecule has 1 fully saturated rings. The Hall–Kier alpha value is -2.73. The standard InChI is InChI=1S/C23H29NO5/c1-26-15-6-8-17(18(12-15)14-5-9-22(29-4)20(24)11-14)23(25)19-13-16(27-2)7-10-21(19)28-3/h5,7,9-11,13,15,17-18H,6,8,12,24H2,1-4H3. The third-order valence-corrected chi connectivity index (χ3v) is 5.83. The van der Waals surface area contributed by atoms with Crippen molar-refractivity contribution in [2.75, 3.05) is 34.2 Å². The SMILES string of the molecule is COc1ccc(OC)c(C(=O)C2CCC(OC)CC2c2ccc(OC)c(N)c2)c1. The van der Waals surface area contributed by atoms with Crippen molar-refractivity contribution in [3.63, 3.8) is 0 Å². The second-order valence-corrected chi connectivity index (χ2v) is 7.32. The van der Waals surface area contributed by atoms with Crippen molar-refractivity contribution >= 4 is 11.5 Å². The van der Waals surface area contributed by atoms with Gasteiger partial charge in [-0.1, -0.05) is 6.07 Å². The molecule has 156 valence electrons. The Morgan fingerprint density at radius 3 is 2.28 bits per heavy atom. The number of rotatable bonds is 7. The van der Waals surface area contributed by atoms with Crippen molar-refractivity contribution in [3.8, 4) is 17.2 Å². The molecule has 3 atom stereocenters. The molecule has 0 bridgehead atoms. The summed E-state index contributed by atoms with van der Waals surface area (Å²) in [5.74, 6) is 1.66. The largest absolute Gasteiger partial charge is 0.497 e. The van der Waals surface area contributed by atoms with E-state index in [-0.39, 0.29) is 23.7 Å². The number of ether oxygens (including phenoxy) is 4. The average molecular weight is 399 g/mol. The zero-order chi connectivity index (χ0) is 21.0. The molecule has 2 aromatic rings. The van der Waals surface area contributed by atoms with Gasteiger partial charge in [-0.15, -0.1) is 0 Å². The highest BCUT2D eigenvalue weighted by Crippen LogP contribution is 2.43. The second kappa shape index (κ2) is 9.18. The summed E-state index contributed by atoms with van der Waals surface area (Å²) in [6.45, 7) is 0. The zero-order valence-corrected chi connectivity index (χ0v) is 17.4. The summed E-state index contributed by atoms with van der Waals surface area (Å²) in [6.07, 6.45) is 2.43. The van der Waals surface area contributed by atoms with Gasteiger partial charge < -0.3 is 24.7 Å². The maximum absolute atomic E-state index is 13.6. The molecule has 0 radical (unpaired) electrons. The Bertz CT molecular complexity index is 866. The van der Waals surface area contributed by atoms with Crippen LogP contribution in [0.2, 0.25) is 0 Å². The number of carbonyl (C=O) groups is 1. The quantitative estimate of drug-likeness (QED) is 0.558. The first-order valence-electron chi connectivity index (χ1n) is 9.74. The molecular weight excluding hydrogens is 370 g/mol. The molecule has 2 N–H and O–H groups in total. The highest BCUT2D eigenvalue weighted by Gasteiger charge is 2.37. The van der Waals surface area contributed by atoms with E-state index >= 15 is 0 Å². The number of carbonyl (C=O) groups excluding carboxylic acids is 1. The summed E-state index contributed by atoms with van der Waals surface area (Å²) in [7, 11) is 6.47. The number of hydrogen-bond acceptors (Lipinski definition) is 6. The van der Waals surface area contributed by atoms with E-state index in [1.54, 1.807) is 46.6 Å². The van der Waals surface area contributed by atoms with Crippen molar-refractivity contribution in [2.45, 2.75) is 31.3 Å². The molecular formula is C23H29NO5. The van der Waals surface area contributed by atoms with Crippen molar-refractivity contribution in [2.24, 2.45) is 5.92 Å². The molecule has 1 aliphatic rings. The van der Waals surface area contributed by atoms with Crippen LogP contribution in [0.15, 0.2) is 36.4 Å². The third kappa shape index (κ3) is 4.32. The lowest BCUT2D eigenvalue weighted by molar-refractivity contribution is 0.0430. The number of benzene rings is 2. The summed E-state index contributed by atoms with van der Waals surface area (Å²) in [4.78, 5) is 13.6. The number of nitrogens with two attached hydrogens (primary N) is 1. The predicted molar refractivity (Wildman–Crippen MR) is 112 cm³/mol. The minimum atomic E-state index is -0.199. The average Bonchev–Trinajstić information content (AvgIpc) is 2.77. The molecule has 1 aliphatic carbocycles. The van der Waals surface area contributed by atoms with Crippen molar-refractivity contribution in [1.29, 1.82) is 0 Å². The van der Waals surface area contributed by atoms with Crippen LogP contribution in [0.1, 0.15) is 41.1 Å². The minimum absolute atomic E-state index is 0.00897. The Balaban J connectivity index is 1.99. The first-order valence-corrected chi connectivity index (χ1v) is 9.74. The topological polar surface area (TPSA) is 80.0 Å². The monoisotopic (exact) mass is 399 g/mol. The molecule has 0 aliphatic heterocycles. The minimum Gasteiger partial charge on any atom is -0.497 e. The highest BCUT2D eigenvalue weighted by atomic mass is 16.5. The maximum Gasteiger partial charge on any atom is 0.170 e. The van der Waals surface area contributed by atoms with E-state index in [1.165, 1.54) is 0 Å². The van der Waals surface area contributed by atoms with Gasteiger partial charge >= 0.3 is 0 Å². The number of hydrogen-bond donors (Lipinski definition) is 1. The fraction of sp³-hybridized carbons (Fsp3) is 0.435. The molecule has 2 aromatic carbocycles. The molecule has 0 aromatic heterocycles. The molecule has 6 heteroatoms. The van der Waals surface area contributed by atoms with Gasteiger partial charge in [-0.05, 0) is 61.1 Å². The van der Waals surface area contributed by atoms with Gasteiger partial charge in [0.2, 0.25) is 0 Å². The van der Waals surface area contributed by atoms with Gasteiger partial charge in [0, 0.05) is 13.0 Å². The first-order chi connectivity index (χ1) is 14.0. The van der Waals surface area contributed by atoms with Crippen LogP contribution in [-0.4, -0.2) is 40.3 Å². The number of methoxy groups -OCH3 is 4. The molecule has 1 saturated carbocycles. The Morgan fingerprint density at radius 2 is 1.66 bits per heavy atom. The lowest BCUT2D eigenvalue weighted by atomic mass is 9.71. The maximum atomic E-state index is 13.6. The Kier molecular flexibility index (Phi) is 6.64. The third-order valence-electron chi connectivity index (χ3n) is 5.83. The van der Waals surface area contributed by atoms with Gasteiger partial charge in [0.15, 0.2) is 5.78 Å². The Labute approximate surface area is 171 Å². The molecule has 29 heavy (non-hydrogen) atoms. The van der Waals surface area contributed by atoms with Crippen molar-refractivity contribution in [1.82, 2.24) is 0 Å².